The minimum atomic E-state index is -0.890. The number of carbonyl (C=O) groups is 1. The molecule has 2 atom stereocenters. The van der Waals surface area contributed by atoms with Crippen LogP contribution in [0.2, 0.25) is 0 Å². The van der Waals surface area contributed by atoms with Crippen LogP contribution in [0.15, 0.2) is 18.2 Å². The van der Waals surface area contributed by atoms with E-state index in [-0.39, 0.29) is 11.7 Å². The van der Waals surface area contributed by atoms with Gasteiger partial charge in [0, 0.05) is 11.6 Å². The fourth-order valence-electron chi connectivity index (χ4n) is 2.11. The van der Waals surface area contributed by atoms with E-state index in [1.165, 1.54) is 12.1 Å². The summed E-state index contributed by atoms with van der Waals surface area (Å²) in [6.45, 7) is 1.93. The zero-order valence-electron chi connectivity index (χ0n) is 8.33. The first-order valence-corrected chi connectivity index (χ1v) is 4.92. The molecule has 1 aromatic carbocycles. The number of carboxylic acid groups (broad SMARTS) is 1. The van der Waals surface area contributed by atoms with Gasteiger partial charge in [0.25, 0.3) is 0 Å². The van der Waals surface area contributed by atoms with Gasteiger partial charge in [-0.2, -0.15) is 0 Å². The first-order chi connectivity index (χ1) is 7.13. The molecule has 3 nitrogen and oxygen atoms in total. The lowest BCUT2D eigenvalue weighted by molar-refractivity contribution is -0.138. The van der Waals surface area contributed by atoms with E-state index in [0.29, 0.717) is 5.69 Å². The average Bonchev–Trinajstić information content (AvgIpc) is 2.55. The molecule has 2 rings (SSSR count). The Kier molecular flexibility index (Phi) is 2.34. The largest absolute Gasteiger partial charge is 0.480 e. The molecule has 80 valence electrons. The number of rotatable bonds is 2. The number of nitrogens with one attached hydrogen (secondary N) is 1. The van der Waals surface area contributed by atoms with Gasteiger partial charge in [0.2, 0.25) is 0 Å². The van der Waals surface area contributed by atoms with Gasteiger partial charge in [-0.25, -0.2) is 9.18 Å². The highest BCUT2D eigenvalue weighted by Crippen LogP contribution is 2.38. The van der Waals surface area contributed by atoms with Crippen molar-refractivity contribution >= 4 is 11.7 Å². The number of fused-ring (bicyclic) bond motifs is 1. The third kappa shape index (κ3) is 1.56. The fraction of sp³-hybridized carbons (Fsp3) is 0.364. The van der Waals surface area contributed by atoms with Gasteiger partial charge in [-0.05, 0) is 24.1 Å². The highest BCUT2D eigenvalue weighted by Gasteiger charge is 2.35. The first-order valence-electron chi connectivity index (χ1n) is 4.92. The number of hydrogen-bond donors (Lipinski definition) is 2. The molecule has 0 radical (unpaired) electrons. The number of halogens is 1. The Bertz CT molecular complexity index is 406. The Morgan fingerprint density at radius 3 is 2.93 bits per heavy atom. The molecule has 4 heteroatoms. The first kappa shape index (κ1) is 9.96. The van der Waals surface area contributed by atoms with Gasteiger partial charge >= 0.3 is 5.97 Å². The second-order valence-corrected chi connectivity index (χ2v) is 3.71. The summed E-state index contributed by atoms with van der Waals surface area (Å²) in [5, 5.41) is 11.8. The lowest BCUT2D eigenvalue weighted by Gasteiger charge is -2.13. The van der Waals surface area contributed by atoms with E-state index in [1.807, 2.05) is 6.92 Å². The third-order valence-electron chi connectivity index (χ3n) is 2.83. The summed E-state index contributed by atoms with van der Waals surface area (Å²) in [6.07, 6.45) is 0.725. The van der Waals surface area contributed by atoms with Crippen LogP contribution in [0, 0.1) is 5.82 Å². The molecule has 0 bridgehead atoms. The van der Waals surface area contributed by atoms with Gasteiger partial charge in [-0.15, -0.1) is 0 Å². The molecule has 0 aliphatic carbocycles. The van der Waals surface area contributed by atoms with Crippen LogP contribution >= 0.6 is 0 Å². The van der Waals surface area contributed by atoms with Crippen LogP contribution in [0.5, 0.6) is 0 Å². The van der Waals surface area contributed by atoms with Crippen molar-refractivity contribution in [3.05, 3.63) is 29.6 Å². The predicted octanol–water partition coefficient (Wildman–Crippen LogP) is 2.20. The maximum Gasteiger partial charge on any atom is 0.326 e. The highest BCUT2D eigenvalue weighted by molar-refractivity contribution is 5.82. The lowest BCUT2D eigenvalue weighted by Crippen LogP contribution is -2.29. The van der Waals surface area contributed by atoms with Crippen molar-refractivity contribution in [2.75, 3.05) is 5.32 Å². The Morgan fingerprint density at radius 2 is 2.33 bits per heavy atom. The SMILES string of the molecule is CCC1c2ccc(F)cc2NC1C(=O)O. The quantitative estimate of drug-likeness (QED) is 0.785. The molecule has 2 N–H and O–H groups in total. The number of anilines is 1. The number of carboxylic acids is 1. The molecule has 1 aliphatic heterocycles. The summed E-state index contributed by atoms with van der Waals surface area (Å²) in [6, 6.07) is 3.75. The second kappa shape index (κ2) is 3.53. The van der Waals surface area contributed by atoms with Crippen molar-refractivity contribution in [3.63, 3.8) is 0 Å². The third-order valence-corrected chi connectivity index (χ3v) is 2.83. The number of aliphatic carboxylic acids is 1. The van der Waals surface area contributed by atoms with E-state index in [9.17, 15) is 9.18 Å². The maximum absolute atomic E-state index is 12.9. The van der Waals surface area contributed by atoms with E-state index in [1.54, 1.807) is 6.07 Å². The summed E-state index contributed by atoms with van der Waals surface area (Å²) in [7, 11) is 0. The van der Waals surface area contributed by atoms with Gasteiger partial charge in [-0.1, -0.05) is 13.0 Å². The van der Waals surface area contributed by atoms with E-state index in [2.05, 4.69) is 5.32 Å². The monoisotopic (exact) mass is 209 g/mol. The van der Waals surface area contributed by atoms with Crippen molar-refractivity contribution in [1.29, 1.82) is 0 Å². The van der Waals surface area contributed by atoms with Crippen molar-refractivity contribution < 1.29 is 14.3 Å². The Morgan fingerprint density at radius 1 is 1.60 bits per heavy atom. The van der Waals surface area contributed by atoms with Gasteiger partial charge in [0.1, 0.15) is 11.9 Å². The molecule has 15 heavy (non-hydrogen) atoms. The molecule has 0 fully saturated rings. The molecule has 0 saturated carbocycles. The van der Waals surface area contributed by atoms with Crippen LogP contribution < -0.4 is 5.32 Å². The summed E-state index contributed by atoms with van der Waals surface area (Å²) in [4.78, 5) is 11.0. The minimum absolute atomic E-state index is 0.0712. The fourth-order valence-corrected chi connectivity index (χ4v) is 2.11. The van der Waals surface area contributed by atoms with E-state index >= 15 is 0 Å². The lowest BCUT2D eigenvalue weighted by atomic mass is 9.93. The summed E-state index contributed by atoms with van der Waals surface area (Å²) in [5.74, 6) is -1.31. The van der Waals surface area contributed by atoms with Crippen molar-refractivity contribution in [2.24, 2.45) is 0 Å². The molecular formula is C11H12FNO2. The standard InChI is InChI=1S/C11H12FNO2/c1-2-7-8-4-3-6(12)5-9(8)13-10(7)11(14)15/h3-5,7,10,13H,2H2,1H3,(H,14,15). The number of hydrogen-bond acceptors (Lipinski definition) is 2. The number of benzene rings is 1. The highest BCUT2D eigenvalue weighted by atomic mass is 19.1. The van der Waals surface area contributed by atoms with Gasteiger partial charge < -0.3 is 10.4 Å². The van der Waals surface area contributed by atoms with Crippen LogP contribution in [0.4, 0.5) is 10.1 Å². The molecular weight excluding hydrogens is 197 g/mol. The Balaban J connectivity index is 2.41. The summed E-state index contributed by atoms with van der Waals surface area (Å²) >= 11 is 0. The maximum atomic E-state index is 12.9. The zero-order chi connectivity index (χ0) is 11.0. The Hall–Kier alpha value is -1.58. The molecule has 1 aliphatic rings. The molecule has 0 spiro atoms. The van der Waals surface area contributed by atoms with Crippen LogP contribution in [-0.2, 0) is 4.79 Å². The van der Waals surface area contributed by atoms with Crippen molar-refractivity contribution in [1.82, 2.24) is 0 Å². The van der Waals surface area contributed by atoms with Gasteiger partial charge in [0.05, 0.1) is 0 Å². The summed E-state index contributed by atoms with van der Waals surface area (Å²) < 4.78 is 12.9. The van der Waals surface area contributed by atoms with Crippen molar-refractivity contribution in [2.45, 2.75) is 25.3 Å². The van der Waals surface area contributed by atoms with E-state index in [4.69, 9.17) is 5.11 Å². The van der Waals surface area contributed by atoms with Crippen LogP contribution in [-0.4, -0.2) is 17.1 Å². The minimum Gasteiger partial charge on any atom is -0.480 e. The van der Waals surface area contributed by atoms with Gasteiger partial charge in [-0.3, -0.25) is 0 Å². The summed E-state index contributed by atoms with van der Waals surface area (Å²) in [5.41, 5.74) is 1.50. The topological polar surface area (TPSA) is 49.3 Å². The molecule has 0 aromatic heterocycles. The second-order valence-electron chi connectivity index (χ2n) is 3.71. The molecule has 0 saturated heterocycles. The van der Waals surface area contributed by atoms with Crippen LogP contribution in [0.3, 0.4) is 0 Å². The molecule has 1 heterocycles. The Labute approximate surface area is 86.9 Å². The van der Waals surface area contributed by atoms with Crippen molar-refractivity contribution in [3.8, 4) is 0 Å². The molecule has 1 aromatic rings. The van der Waals surface area contributed by atoms with E-state index in [0.717, 1.165) is 12.0 Å². The predicted molar refractivity (Wildman–Crippen MR) is 54.5 cm³/mol. The molecule has 0 amide bonds. The zero-order valence-corrected chi connectivity index (χ0v) is 8.33. The smallest absolute Gasteiger partial charge is 0.326 e. The molecule has 2 unspecified atom stereocenters. The van der Waals surface area contributed by atoms with Crippen LogP contribution in [0.1, 0.15) is 24.8 Å². The normalized spacial score (nSPS) is 23.3. The van der Waals surface area contributed by atoms with Crippen LogP contribution in [0.25, 0.3) is 0 Å². The van der Waals surface area contributed by atoms with E-state index < -0.39 is 12.0 Å². The average molecular weight is 209 g/mol. The van der Waals surface area contributed by atoms with Gasteiger partial charge in [0.15, 0.2) is 0 Å².